The number of methoxy groups -OCH3 is 1. The van der Waals surface area contributed by atoms with E-state index in [0.717, 1.165) is 5.56 Å². The van der Waals surface area contributed by atoms with Crippen molar-refractivity contribution in [3.05, 3.63) is 66.5 Å². The first kappa shape index (κ1) is 27.2. The van der Waals surface area contributed by atoms with Gasteiger partial charge in [0, 0.05) is 23.9 Å². The molecule has 0 fully saturated rings. The van der Waals surface area contributed by atoms with Crippen LogP contribution in [0, 0.1) is 0 Å². The molecule has 0 radical (unpaired) electrons. The molecule has 9 nitrogen and oxygen atoms in total. The molecule has 0 atom stereocenters. The Morgan fingerprint density at radius 2 is 1.77 bits per heavy atom. The van der Waals surface area contributed by atoms with Gasteiger partial charge in [0.1, 0.15) is 30.1 Å². The highest BCUT2D eigenvalue weighted by Gasteiger charge is 2.29. The van der Waals surface area contributed by atoms with Crippen LogP contribution in [-0.4, -0.2) is 46.2 Å². The number of hydrogen-bond acceptors (Lipinski definition) is 6. The molecule has 4 rings (SSSR count). The number of carbonyl (C=O) groups excluding carboxylic acids is 2. The van der Waals surface area contributed by atoms with Gasteiger partial charge >= 0.3 is 6.18 Å². The maximum absolute atomic E-state index is 12.6. The lowest BCUT2D eigenvalue weighted by molar-refractivity contribution is -0.123. The van der Waals surface area contributed by atoms with Gasteiger partial charge in [-0.25, -0.2) is 9.97 Å². The Hall–Kier alpha value is -4.87. The van der Waals surface area contributed by atoms with Crippen molar-refractivity contribution in [1.29, 1.82) is 0 Å². The number of hydrogen-bond donors (Lipinski definition) is 3. The minimum absolute atomic E-state index is 0.0610. The SMILES string of the molecule is C=C(C)C(=O)Nc1ccc(-c2c(-c3ccc(C(=O)NCC(F)(F)F)c(OC)c3)c3c(N)ncnc3n2C)cc1. The molecule has 39 heavy (non-hydrogen) atoms. The lowest BCUT2D eigenvalue weighted by Gasteiger charge is -2.14. The van der Waals surface area contributed by atoms with E-state index in [1.54, 1.807) is 38.2 Å². The van der Waals surface area contributed by atoms with Crippen LogP contribution < -0.4 is 21.1 Å². The number of fused-ring (bicyclic) bond motifs is 1. The fraction of sp³-hybridized carbons (Fsp3) is 0.185. The molecule has 0 saturated heterocycles. The Balaban J connectivity index is 1.84. The molecule has 0 saturated carbocycles. The van der Waals surface area contributed by atoms with Crippen LogP contribution in [0.25, 0.3) is 33.4 Å². The highest BCUT2D eigenvalue weighted by molar-refractivity contribution is 6.09. The van der Waals surface area contributed by atoms with Gasteiger partial charge in [-0.3, -0.25) is 9.59 Å². The topological polar surface area (TPSA) is 124 Å². The second-order valence-corrected chi connectivity index (χ2v) is 8.76. The smallest absolute Gasteiger partial charge is 0.405 e. The first-order chi connectivity index (χ1) is 18.4. The summed E-state index contributed by atoms with van der Waals surface area (Å²) in [5.41, 5.74) is 10.3. The van der Waals surface area contributed by atoms with Gasteiger partial charge in [0.25, 0.3) is 11.8 Å². The number of aryl methyl sites for hydroxylation is 1. The van der Waals surface area contributed by atoms with Crippen molar-refractivity contribution >= 4 is 34.4 Å². The third-order valence-corrected chi connectivity index (χ3v) is 5.98. The number of rotatable bonds is 7. The predicted octanol–water partition coefficient (Wildman–Crippen LogP) is 4.70. The van der Waals surface area contributed by atoms with Crippen molar-refractivity contribution in [3.8, 4) is 28.1 Å². The molecule has 0 aliphatic rings. The average molecular weight is 539 g/mol. The molecule has 2 aromatic carbocycles. The summed E-state index contributed by atoms with van der Waals surface area (Å²) >= 11 is 0. The van der Waals surface area contributed by atoms with Gasteiger partial charge in [-0.05, 0) is 42.3 Å². The number of nitrogens with zero attached hydrogens (tertiary/aromatic N) is 3. The minimum atomic E-state index is -4.55. The molecule has 0 bridgehead atoms. The Kier molecular flexibility index (Phi) is 7.30. The molecular weight excluding hydrogens is 513 g/mol. The van der Waals surface area contributed by atoms with E-state index in [1.165, 1.54) is 19.5 Å². The number of nitrogens with two attached hydrogens (primary N) is 1. The predicted molar refractivity (Wildman–Crippen MR) is 142 cm³/mol. The summed E-state index contributed by atoms with van der Waals surface area (Å²) in [4.78, 5) is 33.0. The molecule has 0 spiro atoms. The van der Waals surface area contributed by atoms with Gasteiger partial charge in [-0.1, -0.05) is 24.8 Å². The van der Waals surface area contributed by atoms with Gasteiger partial charge in [-0.2, -0.15) is 13.2 Å². The van der Waals surface area contributed by atoms with Crippen LogP contribution in [0.15, 0.2) is 60.9 Å². The number of carbonyl (C=O) groups is 2. The summed E-state index contributed by atoms with van der Waals surface area (Å²) in [5.74, 6) is -0.941. The zero-order chi connectivity index (χ0) is 28.5. The summed E-state index contributed by atoms with van der Waals surface area (Å²) in [7, 11) is 3.12. The van der Waals surface area contributed by atoms with Gasteiger partial charge in [0.15, 0.2) is 0 Å². The van der Waals surface area contributed by atoms with Gasteiger partial charge in [0.05, 0.1) is 23.8 Å². The van der Waals surface area contributed by atoms with Crippen LogP contribution >= 0.6 is 0 Å². The number of amides is 2. The lowest BCUT2D eigenvalue weighted by Crippen LogP contribution is -2.33. The van der Waals surface area contributed by atoms with E-state index >= 15 is 0 Å². The number of aromatic nitrogens is 3. The number of nitrogens with one attached hydrogen (secondary N) is 2. The third-order valence-electron chi connectivity index (χ3n) is 5.98. The number of nitrogen functional groups attached to an aromatic ring is 1. The monoisotopic (exact) mass is 538 g/mol. The van der Waals surface area contributed by atoms with Crippen molar-refractivity contribution in [3.63, 3.8) is 0 Å². The van der Waals surface area contributed by atoms with Crippen molar-refractivity contribution in [1.82, 2.24) is 19.9 Å². The van der Waals surface area contributed by atoms with Crippen molar-refractivity contribution < 1.29 is 27.5 Å². The van der Waals surface area contributed by atoms with E-state index in [9.17, 15) is 22.8 Å². The van der Waals surface area contributed by atoms with E-state index < -0.39 is 18.6 Å². The summed E-state index contributed by atoms with van der Waals surface area (Å²) in [5, 5.41) is 5.16. The van der Waals surface area contributed by atoms with E-state index in [4.69, 9.17) is 10.5 Å². The lowest BCUT2D eigenvalue weighted by atomic mass is 9.97. The fourth-order valence-corrected chi connectivity index (χ4v) is 4.15. The number of anilines is 2. The van der Waals surface area contributed by atoms with Crippen LogP contribution in [0.1, 0.15) is 17.3 Å². The molecule has 202 valence electrons. The normalized spacial score (nSPS) is 11.3. The Morgan fingerprint density at radius 1 is 1.10 bits per heavy atom. The van der Waals surface area contributed by atoms with Crippen LogP contribution in [-0.2, 0) is 11.8 Å². The number of benzene rings is 2. The van der Waals surface area contributed by atoms with E-state index in [1.807, 2.05) is 22.0 Å². The third kappa shape index (κ3) is 5.54. The first-order valence-electron chi connectivity index (χ1n) is 11.6. The van der Waals surface area contributed by atoms with Crippen LogP contribution in [0.5, 0.6) is 5.75 Å². The van der Waals surface area contributed by atoms with E-state index in [-0.39, 0.29) is 23.0 Å². The second-order valence-electron chi connectivity index (χ2n) is 8.76. The Morgan fingerprint density at radius 3 is 2.38 bits per heavy atom. The molecule has 4 N–H and O–H groups in total. The van der Waals surface area contributed by atoms with Gasteiger partial charge in [-0.15, -0.1) is 0 Å². The molecule has 2 heterocycles. The molecule has 4 aromatic rings. The van der Waals surface area contributed by atoms with Gasteiger partial charge < -0.3 is 25.7 Å². The highest BCUT2D eigenvalue weighted by Crippen LogP contribution is 2.43. The first-order valence-corrected chi connectivity index (χ1v) is 11.6. The number of halogens is 3. The molecule has 0 aliphatic heterocycles. The summed E-state index contributed by atoms with van der Waals surface area (Å²) in [6.07, 6.45) is -3.21. The van der Waals surface area contributed by atoms with Crippen LogP contribution in [0.3, 0.4) is 0 Å². The van der Waals surface area contributed by atoms with Crippen molar-refractivity contribution in [2.75, 3.05) is 24.7 Å². The number of alkyl halides is 3. The van der Waals surface area contributed by atoms with Crippen molar-refractivity contribution in [2.24, 2.45) is 7.05 Å². The Labute approximate surface area is 221 Å². The quantitative estimate of drug-likeness (QED) is 0.293. The zero-order valence-corrected chi connectivity index (χ0v) is 21.3. The standard InChI is InChI=1S/C27H25F3N6O3/c1-14(2)25(37)35-17-8-5-15(6-9-17)22-20(21-23(31)33-13-34-24(21)36(22)3)16-7-10-18(19(11-16)39-4)26(38)32-12-27(28,29)30/h5-11,13H,1,12H2,2-4H3,(H,32,38)(H,35,37)(H2,31,33,34). The maximum atomic E-state index is 12.6. The maximum Gasteiger partial charge on any atom is 0.405 e. The summed E-state index contributed by atoms with van der Waals surface area (Å²) in [6, 6.07) is 11.6. The molecule has 12 heteroatoms. The Bertz CT molecular complexity index is 1590. The molecule has 2 aromatic heterocycles. The molecular formula is C27H25F3N6O3. The van der Waals surface area contributed by atoms with E-state index in [0.29, 0.717) is 39.1 Å². The summed E-state index contributed by atoms with van der Waals surface area (Å²) in [6.45, 7) is 3.77. The van der Waals surface area contributed by atoms with Crippen LogP contribution in [0.4, 0.5) is 24.7 Å². The van der Waals surface area contributed by atoms with Crippen molar-refractivity contribution in [2.45, 2.75) is 13.1 Å². The average Bonchev–Trinajstić information content (AvgIpc) is 3.20. The highest BCUT2D eigenvalue weighted by atomic mass is 19.4. The molecule has 0 aliphatic carbocycles. The molecule has 2 amide bonds. The van der Waals surface area contributed by atoms with Crippen LogP contribution in [0.2, 0.25) is 0 Å². The molecule has 0 unspecified atom stereocenters. The van der Waals surface area contributed by atoms with E-state index in [2.05, 4.69) is 21.9 Å². The largest absolute Gasteiger partial charge is 0.496 e. The second kappa shape index (κ2) is 10.5. The summed E-state index contributed by atoms with van der Waals surface area (Å²) < 4.78 is 45.1. The number of ether oxygens (including phenoxy) is 1. The fourth-order valence-electron chi connectivity index (χ4n) is 4.15. The van der Waals surface area contributed by atoms with Gasteiger partial charge in [0.2, 0.25) is 0 Å². The minimum Gasteiger partial charge on any atom is -0.496 e. The zero-order valence-electron chi connectivity index (χ0n) is 21.3.